The van der Waals surface area contributed by atoms with Crippen LogP contribution >= 0.6 is 0 Å². The lowest BCUT2D eigenvalue weighted by atomic mass is 9.95. The van der Waals surface area contributed by atoms with Crippen LogP contribution in [0.5, 0.6) is 0 Å². The smallest absolute Gasteiger partial charge is 0.293 e. The fourth-order valence-electron chi connectivity index (χ4n) is 7.29. The first kappa shape index (κ1) is 32.2. The highest BCUT2D eigenvalue weighted by molar-refractivity contribution is 5.72. The summed E-state index contributed by atoms with van der Waals surface area (Å²) in [6, 6.07) is 16.1. The van der Waals surface area contributed by atoms with Crippen LogP contribution in [0.25, 0.3) is 22.3 Å². The minimum Gasteiger partial charge on any atom is -0.293 e. The Morgan fingerprint density at radius 1 is 0.609 bits per heavy atom. The highest BCUT2D eigenvalue weighted by Gasteiger charge is 2.38. The second-order valence-corrected chi connectivity index (χ2v) is 12.4. The van der Waals surface area contributed by atoms with Gasteiger partial charge in [-0.15, -0.1) is 0 Å². The van der Waals surface area contributed by atoms with E-state index in [4.69, 9.17) is 0 Å². The van der Waals surface area contributed by atoms with Gasteiger partial charge in [-0.1, -0.05) is 36.4 Å². The molecule has 4 nitrogen and oxygen atoms in total. The van der Waals surface area contributed by atoms with E-state index in [0.717, 1.165) is 62.3 Å². The zero-order valence-electron chi connectivity index (χ0n) is 25.8. The maximum atomic E-state index is 13.7. The molecule has 2 aromatic heterocycles. The number of nitrogens with zero attached hydrogens (tertiary/aromatic N) is 4. The summed E-state index contributed by atoms with van der Waals surface area (Å²) in [6.45, 7) is 6.41. The monoisotopic (exact) mass is 638 g/mol. The molecule has 0 N–H and O–H groups in total. The molecule has 46 heavy (non-hydrogen) atoms. The summed E-state index contributed by atoms with van der Waals surface area (Å²) >= 11 is 0. The van der Waals surface area contributed by atoms with Crippen LogP contribution in [0.4, 0.5) is 26.3 Å². The molecule has 2 fully saturated rings. The van der Waals surface area contributed by atoms with Gasteiger partial charge < -0.3 is 0 Å². The van der Waals surface area contributed by atoms with Crippen LogP contribution < -0.4 is 0 Å². The molecule has 0 amide bonds. The second kappa shape index (κ2) is 12.8. The molecule has 0 aliphatic carbocycles. The average Bonchev–Trinajstić information content (AvgIpc) is 3.66. The van der Waals surface area contributed by atoms with E-state index in [-0.39, 0.29) is 11.1 Å². The molecule has 2 saturated heterocycles. The molecular weight excluding hydrogens is 602 g/mol. The van der Waals surface area contributed by atoms with Crippen molar-refractivity contribution in [3.8, 4) is 22.3 Å². The Kier molecular flexibility index (Phi) is 8.95. The normalized spacial score (nSPS) is 19.7. The van der Waals surface area contributed by atoms with Crippen LogP contribution in [0.3, 0.4) is 0 Å². The van der Waals surface area contributed by atoms with Gasteiger partial charge in [-0.3, -0.25) is 19.8 Å². The lowest BCUT2D eigenvalue weighted by Gasteiger charge is -2.35. The van der Waals surface area contributed by atoms with Crippen molar-refractivity contribution in [3.63, 3.8) is 0 Å². The molecule has 4 aromatic rings. The Morgan fingerprint density at radius 3 is 1.37 bits per heavy atom. The van der Waals surface area contributed by atoms with Crippen molar-refractivity contribution in [2.45, 2.75) is 77.1 Å². The molecule has 10 heteroatoms. The van der Waals surface area contributed by atoms with E-state index in [2.05, 4.69) is 19.8 Å². The number of benzene rings is 2. The fraction of sp³-hybridized carbons (Fsp3) is 0.389. The predicted molar refractivity (Wildman–Crippen MR) is 166 cm³/mol. The SMILES string of the molecule is Cc1cccc(C(F)(F)F)c1-c1ccc(CN2CCC[C@H]2[C@@H]2CCCN2Cc2ccc(-c3c(C)cccc3C(F)(F)F)cn2)nc1. The standard InChI is InChI=1S/C36H36F6N4/c1-23-7-3-9-29(35(37,38)39)33(23)25-13-15-27(43-19-25)21-45-17-5-11-31(45)32-12-6-18-46(32)22-28-16-14-26(20-44-28)34-24(2)8-4-10-30(34)36(40,41)42/h3-4,7-10,13-16,19-20,31-32H,5-6,11-12,17-18,21-22H2,1-2H3/t31-,32-/m0/s1. The number of pyridine rings is 2. The molecular formula is C36H36F6N4. The van der Waals surface area contributed by atoms with E-state index >= 15 is 0 Å². The molecule has 0 spiro atoms. The van der Waals surface area contributed by atoms with Gasteiger partial charge in [0.25, 0.3) is 0 Å². The van der Waals surface area contributed by atoms with Crippen LogP contribution in [0.2, 0.25) is 0 Å². The number of hydrogen-bond acceptors (Lipinski definition) is 4. The predicted octanol–water partition coefficient (Wildman–Crippen LogP) is 9.09. The zero-order chi connectivity index (χ0) is 32.6. The summed E-state index contributed by atoms with van der Waals surface area (Å²) in [5, 5.41) is 0. The molecule has 4 heterocycles. The first-order valence-electron chi connectivity index (χ1n) is 15.6. The van der Waals surface area contributed by atoms with E-state index in [1.165, 1.54) is 12.1 Å². The minimum absolute atomic E-state index is 0.163. The van der Waals surface area contributed by atoms with Gasteiger partial charge in [0, 0.05) is 48.7 Å². The van der Waals surface area contributed by atoms with Gasteiger partial charge in [-0.2, -0.15) is 26.3 Å². The molecule has 6 rings (SSSR count). The number of hydrogen-bond donors (Lipinski definition) is 0. The summed E-state index contributed by atoms with van der Waals surface area (Å²) < 4.78 is 82.2. The van der Waals surface area contributed by atoms with Crippen molar-refractivity contribution < 1.29 is 26.3 Å². The first-order chi connectivity index (χ1) is 21.9. The third kappa shape index (κ3) is 6.69. The van der Waals surface area contributed by atoms with Crippen molar-refractivity contribution in [1.29, 1.82) is 0 Å². The maximum absolute atomic E-state index is 13.7. The lowest BCUT2D eigenvalue weighted by molar-refractivity contribution is -0.137. The van der Waals surface area contributed by atoms with Gasteiger partial charge in [-0.05, 0) is 99.1 Å². The van der Waals surface area contributed by atoms with Gasteiger partial charge in [-0.25, -0.2) is 0 Å². The maximum Gasteiger partial charge on any atom is 0.417 e. The van der Waals surface area contributed by atoms with Gasteiger partial charge in [0.1, 0.15) is 0 Å². The second-order valence-electron chi connectivity index (χ2n) is 12.4. The van der Waals surface area contributed by atoms with Gasteiger partial charge in [0.05, 0.1) is 22.5 Å². The van der Waals surface area contributed by atoms with Crippen LogP contribution in [0.15, 0.2) is 73.1 Å². The molecule has 2 aliphatic heterocycles. The van der Waals surface area contributed by atoms with E-state index in [9.17, 15) is 26.3 Å². The fourth-order valence-corrected chi connectivity index (χ4v) is 7.29. The first-order valence-corrected chi connectivity index (χ1v) is 15.6. The van der Waals surface area contributed by atoms with E-state index in [1.807, 2.05) is 12.1 Å². The Morgan fingerprint density at radius 2 is 1.02 bits per heavy atom. The number of alkyl halides is 6. The zero-order valence-corrected chi connectivity index (χ0v) is 25.8. The van der Waals surface area contributed by atoms with Crippen LogP contribution in [0.1, 0.15) is 59.3 Å². The van der Waals surface area contributed by atoms with E-state index in [0.29, 0.717) is 47.4 Å². The minimum atomic E-state index is -4.45. The molecule has 0 unspecified atom stereocenters. The third-order valence-corrected chi connectivity index (χ3v) is 9.39. The Bertz CT molecular complexity index is 1540. The number of halogens is 6. The van der Waals surface area contributed by atoms with Crippen molar-refractivity contribution in [3.05, 3.63) is 107 Å². The van der Waals surface area contributed by atoms with Gasteiger partial charge >= 0.3 is 12.4 Å². The third-order valence-electron chi connectivity index (χ3n) is 9.39. The molecule has 0 radical (unpaired) electrons. The van der Waals surface area contributed by atoms with Crippen molar-refractivity contribution in [1.82, 2.24) is 19.8 Å². The summed E-state index contributed by atoms with van der Waals surface area (Å²) in [5.41, 5.74) is 2.64. The van der Waals surface area contributed by atoms with Gasteiger partial charge in [0.15, 0.2) is 0 Å². The van der Waals surface area contributed by atoms with E-state index < -0.39 is 23.5 Å². The van der Waals surface area contributed by atoms with Crippen LogP contribution in [-0.2, 0) is 25.4 Å². The van der Waals surface area contributed by atoms with Crippen molar-refractivity contribution >= 4 is 0 Å². The largest absolute Gasteiger partial charge is 0.417 e. The number of aryl methyl sites for hydroxylation is 2. The number of aromatic nitrogens is 2. The number of likely N-dealkylation sites (tertiary alicyclic amines) is 2. The Labute approximate surface area is 265 Å². The molecule has 2 atom stereocenters. The highest BCUT2D eigenvalue weighted by Crippen LogP contribution is 2.40. The summed E-state index contributed by atoms with van der Waals surface area (Å²) in [4.78, 5) is 14.0. The molecule has 2 aromatic carbocycles. The summed E-state index contributed by atoms with van der Waals surface area (Å²) in [7, 11) is 0. The highest BCUT2D eigenvalue weighted by atomic mass is 19.4. The summed E-state index contributed by atoms with van der Waals surface area (Å²) in [5.74, 6) is 0. The van der Waals surface area contributed by atoms with Gasteiger partial charge in [0.2, 0.25) is 0 Å². The Balaban J connectivity index is 1.14. The quantitative estimate of drug-likeness (QED) is 0.189. The number of rotatable bonds is 7. The van der Waals surface area contributed by atoms with Crippen molar-refractivity contribution in [2.75, 3.05) is 13.1 Å². The molecule has 242 valence electrons. The molecule has 2 aliphatic rings. The van der Waals surface area contributed by atoms with Crippen molar-refractivity contribution in [2.24, 2.45) is 0 Å². The van der Waals surface area contributed by atoms with Crippen LogP contribution in [-0.4, -0.2) is 44.9 Å². The molecule has 0 saturated carbocycles. The topological polar surface area (TPSA) is 32.3 Å². The van der Waals surface area contributed by atoms with E-state index in [1.54, 1.807) is 50.5 Å². The van der Waals surface area contributed by atoms with Crippen LogP contribution in [0, 0.1) is 13.8 Å². The Hall–Kier alpha value is -3.76. The summed E-state index contributed by atoms with van der Waals surface area (Å²) in [6.07, 6.45) is -1.63. The lowest BCUT2D eigenvalue weighted by Crippen LogP contribution is -2.45. The molecule has 0 bridgehead atoms. The average molecular weight is 639 g/mol.